The van der Waals surface area contributed by atoms with Crippen molar-refractivity contribution >= 4 is 12.1 Å². The van der Waals surface area contributed by atoms with Gasteiger partial charge in [-0.2, -0.15) is 0 Å². The molecule has 0 saturated carbocycles. The van der Waals surface area contributed by atoms with E-state index in [2.05, 4.69) is 12.1 Å². The third kappa shape index (κ3) is 4.75. The Kier molecular flexibility index (Phi) is 6.85. The Labute approximate surface area is 169 Å². The van der Waals surface area contributed by atoms with Crippen molar-refractivity contribution in [2.75, 3.05) is 33.9 Å². The van der Waals surface area contributed by atoms with Crippen molar-refractivity contribution in [3.8, 4) is 11.1 Å². The number of carbonyl (C=O) groups is 2. The van der Waals surface area contributed by atoms with Gasteiger partial charge in [0.2, 0.25) is 0 Å². The van der Waals surface area contributed by atoms with Gasteiger partial charge in [-0.1, -0.05) is 48.5 Å². The third-order valence-electron chi connectivity index (χ3n) is 5.09. The van der Waals surface area contributed by atoms with Crippen LogP contribution in [0.5, 0.6) is 0 Å². The second-order valence-corrected chi connectivity index (χ2v) is 6.79. The lowest BCUT2D eigenvalue weighted by Crippen LogP contribution is -2.41. The molecule has 1 aliphatic rings. The van der Waals surface area contributed by atoms with Crippen LogP contribution in [0, 0.1) is 0 Å². The molecule has 3 rings (SSSR count). The zero-order valence-electron chi connectivity index (χ0n) is 16.5. The minimum atomic E-state index is -0.993. The SMILES string of the molecule is COC(CN(CCC(=O)O)C(=O)OCC1c2ccccc2-c2ccccc21)OC. The van der Waals surface area contributed by atoms with Gasteiger partial charge in [0.1, 0.15) is 6.61 Å². The van der Waals surface area contributed by atoms with Gasteiger partial charge in [0.05, 0.1) is 13.0 Å². The van der Waals surface area contributed by atoms with E-state index in [1.807, 2.05) is 36.4 Å². The molecule has 0 saturated heterocycles. The number of benzene rings is 2. The topological polar surface area (TPSA) is 85.3 Å². The predicted octanol–water partition coefficient (Wildman–Crippen LogP) is 3.33. The number of nitrogens with zero attached hydrogens (tertiary/aromatic N) is 1. The van der Waals surface area contributed by atoms with Crippen LogP contribution in [0.3, 0.4) is 0 Å². The number of carbonyl (C=O) groups excluding carboxylic acids is 1. The fraction of sp³-hybridized carbons (Fsp3) is 0.364. The Morgan fingerprint density at radius 3 is 2.07 bits per heavy atom. The van der Waals surface area contributed by atoms with Crippen LogP contribution in [-0.2, 0) is 19.0 Å². The Balaban J connectivity index is 1.73. The highest BCUT2D eigenvalue weighted by Crippen LogP contribution is 2.44. The van der Waals surface area contributed by atoms with Crippen molar-refractivity contribution in [2.24, 2.45) is 0 Å². The van der Waals surface area contributed by atoms with Crippen molar-refractivity contribution in [3.63, 3.8) is 0 Å². The maximum absolute atomic E-state index is 12.7. The normalized spacial score (nSPS) is 12.5. The van der Waals surface area contributed by atoms with Crippen LogP contribution in [0.2, 0.25) is 0 Å². The summed E-state index contributed by atoms with van der Waals surface area (Å²) in [5, 5.41) is 8.97. The highest BCUT2D eigenvalue weighted by atomic mass is 16.7. The van der Waals surface area contributed by atoms with Crippen LogP contribution in [0.15, 0.2) is 48.5 Å². The molecule has 29 heavy (non-hydrogen) atoms. The minimum absolute atomic E-state index is 0.00915. The first-order valence-corrected chi connectivity index (χ1v) is 9.42. The van der Waals surface area contributed by atoms with E-state index in [-0.39, 0.29) is 32.0 Å². The molecule has 0 unspecified atom stereocenters. The van der Waals surface area contributed by atoms with Gasteiger partial charge in [0.25, 0.3) is 0 Å². The summed E-state index contributed by atoms with van der Waals surface area (Å²) < 4.78 is 15.9. The molecule has 2 aromatic carbocycles. The standard InChI is InChI=1S/C22H25NO6/c1-27-21(28-2)13-23(12-11-20(24)25)22(26)29-14-19-17-9-5-3-7-15(17)16-8-4-6-10-18(16)19/h3-10,19,21H,11-14H2,1-2H3,(H,24,25). The number of carboxylic acid groups (broad SMARTS) is 1. The average molecular weight is 399 g/mol. The van der Waals surface area contributed by atoms with E-state index < -0.39 is 18.4 Å². The molecular formula is C22H25NO6. The molecule has 2 aromatic rings. The Hall–Kier alpha value is -2.90. The van der Waals surface area contributed by atoms with Crippen LogP contribution >= 0.6 is 0 Å². The van der Waals surface area contributed by atoms with E-state index in [4.69, 9.17) is 19.3 Å². The van der Waals surface area contributed by atoms with Crippen molar-refractivity contribution < 1.29 is 28.9 Å². The number of aliphatic carboxylic acids is 1. The number of methoxy groups -OCH3 is 2. The second kappa shape index (κ2) is 9.54. The van der Waals surface area contributed by atoms with Crippen LogP contribution in [0.1, 0.15) is 23.5 Å². The Bertz CT molecular complexity index is 818. The summed E-state index contributed by atoms with van der Waals surface area (Å²) in [6.45, 7) is 0.257. The first-order valence-electron chi connectivity index (χ1n) is 9.42. The van der Waals surface area contributed by atoms with Crippen molar-refractivity contribution in [3.05, 3.63) is 59.7 Å². The number of hydrogen-bond acceptors (Lipinski definition) is 5. The van der Waals surface area contributed by atoms with E-state index in [1.165, 1.54) is 19.1 Å². The Morgan fingerprint density at radius 2 is 1.55 bits per heavy atom. The fourth-order valence-electron chi connectivity index (χ4n) is 3.60. The van der Waals surface area contributed by atoms with Crippen molar-refractivity contribution in [1.82, 2.24) is 4.90 Å². The summed E-state index contributed by atoms with van der Waals surface area (Å²) in [5.74, 6) is -1.05. The summed E-state index contributed by atoms with van der Waals surface area (Å²) >= 11 is 0. The average Bonchev–Trinajstić information content (AvgIpc) is 3.06. The van der Waals surface area contributed by atoms with Crippen molar-refractivity contribution in [1.29, 1.82) is 0 Å². The van der Waals surface area contributed by atoms with Gasteiger partial charge in [-0.05, 0) is 22.3 Å². The van der Waals surface area contributed by atoms with Gasteiger partial charge < -0.3 is 24.2 Å². The third-order valence-corrected chi connectivity index (χ3v) is 5.09. The molecule has 0 aliphatic heterocycles. The monoisotopic (exact) mass is 399 g/mol. The summed E-state index contributed by atoms with van der Waals surface area (Å²) in [4.78, 5) is 25.0. The first-order chi connectivity index (χ1) is 14.0. The van der Waals surface area contributed by atoms with Gasteiger partial charge in [-0.25, -0.2) is 4.79 Å². The molecule has 7 heteroatoms. The first kappa shape index (κ1) is 20.8. The van der Waals surface area contributed by atoms with Crippen molar-refractivity contribution in [2.45, 2.75) is 18.6 Å². The van der Waals surface area contributed by atoms with Crippen LogP contribution < -0.4 is 0 Å². The van der Waals surface area contributed by atoms with Gasteiger partial charge >= 0.3 is 12.1 Å². The molecule has 0 fully saturated rings. The van der Waals surface area contributed by atoms with E-state index in [0.29, 0.717) is 0 Å². The molecule has 1 N–H and O–H groups in total. The molecule has 1 aliphatic carbocycles. The zero-order valence-corrected chi connectivity index (χ0v) is 16.5. The number of rotatable bonds is 9. The van der Waals surface area contributed by atoms with Gasteiger partial charge in [-0.15, -0.1) is 0 Å². The van der Waals surface area contributed by atoms with Gasteiger partial charge in [-0.3, -0.25) is 4.79 Å². The van der Waals surface area contributed by atoms with E-state index in [0.717, 1.165) is 22.3 Å². The number of ether oxygens (including phenoxy) is 3. The molecular weight excluding hydrogens is 374 g/mol. The summed E-state index contributed by atoms with van der Waals surface area (Å²) in [5.41, 5.74) is 4.52. The minimum Gasteiger partial charge on any atom is -0.481 e. The lowest BCUT2D eigenvalue weighted by atomic mass is 9.98. The maximum atomic E-state index is 12.7. The number of hydrogen-bond donors (Lipinski definition) is 1. The largest absolute Gasteiger partial charge is 0.481 e. The van der Waals surface area contributed by atoms with Gasteiger partial charge in [0.15, 0.2) is 6.29 Å². The fourth-order valence-corrected chi connectivity index (χ4v) is 3.60. The molecule has 0 aromatic heterocycles. The van der Waals surface area contributed by atoms with E-state index in [9.17, 15) is 9.59 Å². The number of amides is 1. The highest BCUT2D eigenvalue weighted by molar-refractivity contribution is 5.79. The summed E-state index contributed by atoms with van der Waals surface area (Å²) in [7, 11) is 2.92. The molecule has 0 bridgehead atoms. The lowest BCUT2D eigenvalue weighted by Gasteiger charge is -2.26. The Morgan fingerprint density at radius 1 is 1.00 bits per heavy atom. The second-order valence-electron chi connectivity index (χ2n) is 6.79. The van der Waals surface area contributed by atoms with Gasteiger partial charge in [0, 0.05) is 26.7 Å². The lowest BCUT2D eigenvalue weighted by molar-refractivity contribution is -0.138. The molecule has 154 valence electrons. The number of fused-ring (bicyclic) bond motifs is 3. The highest BCUT2D eigenvalue weighted by Gasteiger charge is 2.30. The quantitative estimate of drug-likeness (QED) is 0.651. The molecule has 0 atom stereocenters. The molecule has 0 spiro atoms. The summed E-state index contributed by atoms with van der Waals surface area (Å²) in [6.07, 6.45) is -1.44. The van der Waals surface area contributed by atoms with Crippen LogP contribution in [0.4, 0.5) is 4.79 Å². The summed E-state index contributed by atoms with van der Waals surface area (Å²) in [6, 6.07) is 16.2. The molecule has 0 radical (unpaired) electrons. The molecule has 7 nitrogen and oxygen atoms in total. The molecule has 1 amide bonds. The predicted molar refractivity (Wildman–Crippen MR) is 107 cm³/mol. The smallest absolute Gasteiger partial charge is 0.409 e. The van der Waals surface area contributed by atoms with E-state index in [1.54, 1.807) is 0 Å². The number of carboxylic acids is 1. The zero-order chi connectivity index (χ0) is 20.8. The van der Waals surface area contributed by atoms with Crippen LogP contribution in [0.25, 0.3) is 11.1 Å². The maximum Gasteiger partial charge on any atom is 0.409 e. The molecule has 0 heterocycles. The van der Waals surface area contributed by atoms with E-state index >= 15 is 0 Å². The van der Waals surface area contributed by atoms with Crippen LogP contribution in [-0.4, -0.2) is 62.3 Å².